The lowest BCUT2D eigenvalue weighted by Crippen LogP contribution is -2.15. The number of benzene rings is 4. The van der Waals surface area contributed by atoms with E-state index in [0.29, 0.717) is 11.5 Å². The van der Waals surface area contributed by atoms with Crippen molar-refractivity contribution < 1.29 is 13.2 Å². The fourth-order valence-corrected chi connectivity index (χ4v) is 6.08. The molecule has 1 aliphatic rings. The van der Waals surface area contributed by atoms with Gasteiger partial charge in [-0.3, -0.25) is 0 Å². The van der Waals surface area contributed by atoms with E-state index in [2.05, 4.69) is 95.0 Å². The van der Waals surface area contributed by atoms with Crippen molar-refractivity contribution >= 4 is 26.9 Å². The van der Waals surface area contributed by atoms with E-state index < -0.39 is 9.84 Å². The third-order valence-electron chi connectivity index (χ3n) is 6.82. The molecule has 4 aromatic rings. The Hall–Kier alpha value is -3.57. The van der Waals surface area contributed by atoms with Crippen molar-refractivity contribution in [3.8, 4) is 11.5 Å². The van der Waals surface area contributed by atoms with Gasteiger partial charge in [-0.05, 0) is 70.5 Å². The predicted octanol–water partition coefficient (Wildman–Crippen LogP) is 8.69. The Kier molecular flexibility index (Phi) is 5.95. The van der Waals surface area contributed by atoms with Crippen molar-refractivity contribution in [1.29, 1.82) is 0 Å². The second-order valence-electron chi connectivity index (χ2n) is 11.6. The fourth-order valence-electron chi connectivity index (χ4n) is 4.60. The zero-order valence-corrected chi connectivity index (χ0v) is 23.1. The minimum absolute atomic E-state index is 0.0408. The van der Waals surface area contributed by atoms with Gasteiger partial charge in [-0.1, -0.05) is 77.9 Å². The Bertz CT molecular complexity index is 1500. The van der Waals surface area contributed by atoms with Gasteiger partial charge in [0, 0.05) is 23.1 Å². The number of hydrogen-bond acceptors (Lipinski definition) is 4. The maximum atomic E-state index is 13.3. The summed E-state index contributed by atoms with van der Waals surface area (Å²) in [5, 5.41) is 0. The molecular formula is C32H33NO3S. The molecule has 0 atom stereocenters. The van der Waals surface area contributed by atoms with Crippen molar-refractivity contribution in [1.82, 2.24) is 0 Å². The van der Waals surface area contributed by atoms with E-state index in [1.54, 1.807) is 30.3 Å². The molecule has 0 aromatic heterocycles. The molecule has 5 heteroatoms. The topological polar surface area (TPSA) is 46.6 Å². The van der Waals surface area contributed by atoms with Gasteiger partial charge in [0.15, 0.2) is 0 Å². The molecule has 4 aromatic carbocycles. The van der Waals surface area contributed by atoms with Gasteiger partial charge in [-0.15, -0.1) is 0 Å². The summed E-state index contributed by atoms with van der Waals surface area (Å²) in [5.74, 6) is 0.682. The van der Waals surface area contributed by atoms with Crippen molar-refractivity contribution in [2.75, 3.05) is 4.90 Å². The number of fused-ring (bicyclic) bond motifs is 2. The number of hydrogen-bond donors (Lipinski definition) is 0. The maximum Gasteiger partial charge on any atom is 0.213 e. The molecule has 0 fully saturated rings. The Morgan fingerprint density at radius 3 is 1.54 bits per heavy atom. The van der Waals surface area contributed by atoms with Crippen LogP contribution in [0.3, 0.4) is 0 Å². The summed E-state index contributed by atoms with van der Waals surface area (Å²) in [6, 6.07) is 29.2. The zero-order valence-electron chi connectivity index (χ0n) is 22.2. The zero-order chi connectivity index (χ0) is 26.6. The Morgan fingerprint density at radius 2 is 1.03 bits per heavy atom. The van der Waals surface area contributed by atoms with E-state index >= 15 is 0 Å². The second-order valence-corrected chi connectivity index (χ2v) is 13.5. The number of nitrogens with zero attached hydrogens (tertiary/aromatic N) is 1. The lowest BCUT2D eigenvalue weighted by atomic mass is 9.86. The number of ether oxygens (including phenoxy) is 1. The van der Waals surface area contributed by atoms with Crippen LogP contribution in [0.4, 0.5) is 17.1 Å². The highest BCUT2D eigenvalue weighted by Crippen LogP contribution is 2.46. The molecule has 37 heavy (non-hydrogen) atoms. The molecule has 0 saturated carbocycles. The summed E-state index contributed by atoms with van der Waals surface area (Å²) < 4.78 is 32.7. The number of rotatable bonds is 3. The molecule has 0 spiro atoms. The molecular weight excluding hydrogens is 478 g/mol. The van der Waals surface area contributed by atoms with Gasteiger partial charge in [0.2, 0.25) is 9.84 Å². The first kappa shape index (κ1) is 25.1. The van der Waals surface area contributed by atoms with Gasteiger partial charge in [0.25, 0.3) is 0 Å². The summed E-state index contributed by atoms with van der Waals surface area (Å²) in [6.07, 6.45) is 0. The third-order valence-corrected chi connectivity index (χ3v) is 8.65. The Balaban J connectivity index is 1.64. The molecule has 0 aliphatic carbocycles. The molecule has 0 unspecified atom stereocenters. The van der Waals surface area contributed by atoms with E-state index in [-0.39, 0.29) is 20.6 Å². The summed E-state index contributed by atoms with van der Waals surface area (Å²) in [6.45, 7) is 13.2. The van der Waals surface area contributed by atoms with Crippen LogP contribution in [0.2, 0.25) is 0 Å². The van der Waals surface area contributed by atoms with Crippen LogP contribution in [0.5, 0.6) is 11.5 Å². The van der Waals surface area contributed by atoms with Crippen LogP contribution in [-0.2, 0) is 20.7 Å². The highest BCUT2D eigenvalue weighted by molar-refractivity contribution is 7.91. The van der Waals surface area contributed by atoms with Crippen molar-refractivity contribution in [3.05, 3.63) is 102 Å². The van der Waals surface area contributed by atoms with Gasteiger partial charge < -0.3 is 9.64 Å². The Morgan fingerprint density at radius 1 is 0.568 bits per heavy atom. The van der Waals surface area contributed by atoms with Gasteiger partial charge in [0.1, 0.15) is 21.3 Å². The molecule has 1 heterocycles. The van der Waals surface area contributed by atoms with Gasteiger partial charge >= 0.3 is 0 Å². The number of anilines is 3. The van der Waals surface area contributed by atoms with Gasteiger partial charge in [-0.2, -0.15) is 0 Å². The third kappa shape index (κ3) is 4.64. The summed E-state index contributed by atoms with van der Waals surface area (Å²) in [7, 11) is -3.66. The fraction of sp³-hybridized carbons (Fsp3) is 0.250. The van der Waals surface area contributed by atoms with Crippen LogP contribution < -0.4 is 9.64 Å². The van der Waals surface area contributed by atoms with Crippen molar-refractivity contribution in [2.45, 2.75) is 62.2 Å². The molecule has 0 N–H and O–H groups in total. The molecule has 190 valence electrons. The van der Waals surface area contributed by atoms with Gasteiger partial charge in [0.05, 0.1) is 0 Å². The van der Waals surface area contributed by atoms with Crippen LogP contribution in [0.15, 0.2) is 101 Å². The van der Waals surface area contributed by atoms with E-state index in [1.165, 1.54) is 11.1 Å². The van der Waals surface area contributed by atoms with Crippen LogP contribution >= 0.6 is 0 Å². The molecule has 5 rings (SSSR count). The number of sulfone groups is 1. The summed E-state index contributed by atoms with van der Waals surface area (Å²) in [4.78, 5) is 2.51. The quantitative estimate of drug-likeness (QED) is 0.243. The standard InChI is InChI=1S/C32H33NO3S/c1-31(2,3)22-11-15-24(16-12-22)33(25-17-13-23(14-18-25)32(4,5)6)26-19-20-30-28(21-26)36-27-9-7-8-10-29(27)37(30,34)35/h7-21H,1-6H3. The molecule has 0 saturated heterocycles. The Labute approximate surface area is 220 Å². The lowest BCUT2D eigenvalue weighted by Gasteiger charge is -2.29. The SMILES string of the molecule is CC(C)(C)c1ccc(N(c2ccc(C(C)(C)C)cc2)c2ccc3c(c2)Oc2ccccc2S3(=O)=O)cc1. The van der Waals surface area contributed by atoms with Crippen LogP contribution in [0, 0.1) is 0 Å². The first-order valence-corrected chi connectivity index (χ1v) is 14.0. The van der Waals surface area contributed by atoms with E-state index in [9.17, 15) is 8.42 Å². The van der Waals surface area contributed by atoms with E-state index in [4.69, 9.17) is 4.74 Å². The van der Waals surface area contributed by atoms with Crippen LogP contribution in [-0.4, -0.2) is 8.42 Å². The predicted molar refractivity (Wildman–Crippen MR) is 150 cm³/mol. The van der Waals surface area contributed by atoms with Crippen LogP contribution in [0.1, 0.15) is 52.7 Å². The monoisotopic (exact) mass is 511 g/mol. The second kappa shape index (κ2) is 8.77. The first-order chi connectivity index (χ1) is 17.4. The van der Waals surface area contributed by atoms with Gasteiger partial charge in [-0.25, -0.2) is 8.42 Å². The van der Waals surface area contributed by atoms with Crippen LogP contribution in [0.25, 0.3) is 0 Å². The van der Waals surface area contributed by atoms with Crippen molar-refractivity contribution in [3.63, 3.8) is 0 Å². The lowest BCUT2D eigenvalue weighted by molar-refractivity contribution is 0.443. The summed E-state index contributed by atoms with van der Waals surface area (Å²) in [5.41, 5.74) is 5.36. The minimum atomic E-state index is -3.66. The molecule has 0 radical (unpaired) electrons. The average Bonchev–Trinajstić information content (AvgIpc) is 2.84. The molecule has 4 nitrogen and oxygen atoms in total. The van der Waals surface area contributed by atoms with Crippen molar-refractivity contribution in [2.24, 2.45) is 0 Å². The smallest absolute Gasteiger partial charge is 0.213 e. The highest BCUT2D eigenvalue weighted by atomic mass is 32.2. The molecule has 1 aliphatic heterocycles. The largest absolute Gasteiger partial charge is 0.455 e. The maximum absolute atomic E-state index is 13.3. The average molecular weight is 512 g/mol. The first-order valence-electron chi connectivity index (χ1n) is 12.5. The summed E-state index contributed by atoms with van der Waals surface area (Å²) >= 11 is 0. The molecule has 0 amide bonds. The van der Waals surface area contributed by atoms with E-state index in [1.807, 2.05) is 12.1 Å². The van der Waals surface area contributed by atoms with E-state index in [0.717, 1.165) is 17.1 Å². The minimum Gasteiger partial charge on any atom is -0.455 e. The molecule has 0 bridgehead atoms. The highest BCUT2D eigenvalue weighted by Gasteiger charge is 2.32. The normalized spacial score (nSPS) is 14.3. The number of para-hydroxylation sites is 1.